The Morgan fingerprint density at radius 2 is 2.17 bits per heavy atom. The van der Waals surface area contributed by atoms with Crippen LogP contribution in [-0.2, 0) is 0 Å². The quantitative estimate of drug-likeness (QED) is 0.579. The molecule has 0 aromatic rings. The Morgan fingerprint density at radius 1 is 1.25 bits per heavy atom. The summed E-state index contributed by atoms with van der Waals surface area (Å²) in [5.41, 5.74) is 0. The lowest BCUT2D eigenvalue weighted by atomic mass is 9.89. The Kier molecular flexibility index (Phi) is 3.08. The van der Waals surface area contributed by atoms with Gasteiger partial charge in [-0.05, 0) is 43.6 Å². The highest BCUT2D eigenvalue weighted by Gasteiger charge is 2.38. The monoisotopic (exact) mass is 231 g/mol. The van der Waals surface area contributed by atoms with Crippen molar-refractivity contribution in [3.05, 3.63) is 0 Å². The average Bonchev–Trinajstić information content (AvgIpc) is 2.65. The minimum absolute atomic E-state index is 1.02. The zero-order valence-electron chi connectivity index (χ0n) is 7.56. The summed E-state index contributed by atoms with van der Waals surface area (Å²) >= 11 is 3.44. The van der Waals surface area contributed by atoms with Crippen molar-refractivity contribution in [2.24, 2.45) is 17.8 Å². The molecule has 2 saturated carbocycles. The number of nitrogens with one attached hydrogen (secondary N) is 1. The number of hydrogen-bond donors (Lipinski definition) is 1. The Morgan fingerprint density at radius 3 is 2.75 bits per heavy atom. The molecule has 70 valence electrons. The van der Waals surface area contributed by atoms with Gasteiger partial charge in [-0.15, -0.1) is 0 Å². The van der Waals surface area contributed by atoms with Crippen LogP contribution in [-0.4, -0.2) is 18.4 Å². The Labute approximate surface area is 83.4 Å². The van der Waals surface area contributed by atoms with Crippen molar-refractivity contribution in [1.29, 1.82) is 0 Å². The molecule has 3 atom stereocenters. The molecular weight excluding hydrogens is 214 g/mol. The zero-order valence-corrected chi connectivity index (χ0v) is 9.15. The first-order valence-electron chi connectivity index (χ1n) is 5.17. The largest absolute Gasteiger partial charge is 0.316 e. The maximum atomic E-state index is 3.51. The fraction of sp³-hybridized carbons (Fsp3) is 1.00. The van der Waals surface area contributed by atoms with Gasteiger partial charge in [-0.3, -0.25) is 0 Å². The van der Waals surface area contributed by atoms with Gasteiger partial charge in [0.2, 0.25) is 0 Å². The van der Waals surface area contributed by atoms with Crippen LogP contribution in [0.1, 0.15) is 25.7 Å². The predicted molar refractivity (Wildman–Crippen MR) is 55.6 cm³/mol. The maximum Gasteiger partial charge on any atom is 0.0157 e. The predicted octanol–water partition coefficient (Wildman–Crippen LogP) is 2.41. The van der Waals surface area contributed by atoms with Gasteiger partial charge in [-0.25, -0.2) is 0 Å². The second-order valence-corrected chi connectivity index (χ2v) is 5.12. The SMILES string of the molecule is BrCCNCC1CC2CCC1C2. The minimum Gasteiger partial charge on any atom is -0.316 e. The third-order valence-electron chi connectivity index (χ3n) is 3.56. The van der Waals surface area contributed by atoms with Gasteiger partial charge < -0.3 is 5.32 Å². The fourth-order valence-electron chi connectivity index (χ4n) is 2.98. The normalized spacial score (nSPS) is 39.2. The zero-order chi connectivity index (χ0) is 8.39. The molecule has 2 bridgehead atoms. The summed E-state index contributed by atoms with van der Waals surface area (Å²) in [6.45, 7) is 2.40. The molecule has 2 heteroatoms. The molecule has 2 aliphatic carbocycles. The standard InChI is InChI=1S/C10H18BrN/c11-3-4-12-7-10-6-8-1-2-9(10)5-8/h8-10,12H,1-7H2. The van der Waals surface area contributed by atoms with Crippen molar-refractivity contribution in [1.82, 2.24) is 5.32 Å². The highest BCUT2D eigenvalue weighted by molar-refractivity contribution is 9.09. The van der Waals surface area contributed by atoms with Crippen LogP contribution in [0.2, 0.25) is 0 Å². The first-order chi connectivity index (χ1) is 5.90. The van der Waals surface area contributed by atoms with Gasteiger partial charge in [0.05, 0.1) is 0 Å². The van der Waals surface area contributed by atoms with Crippen molar-refractivity contribution in [2.45, 2.75) is 25.7 Å². The molecule has 0 aliphatic heterocycles. The van der Waals surface area contributed by atoms with Gasteiger partial charge in [0, 0.05) is 11.9 Å². The van der Waals surface area contributed by atoms with Crippen LogP contribution in [0.25, 0.3) is 0 Å². The summed E-state index contributed by atoms with van der Waals surface area (Å²) in [6, 6.07) is 0. The number of halogens is 1. The Bertz CT molecular complexity index is 149. The van der Waals surface area contributed by atoms with Crippen molar-refractivity contribution in [3.63, 3.8) is 0 Å². The molecular formula is C10H18BrN. The number of fused-ring (bicyclic) bond motifs is 2. The van der Waals surface area contributed by atoms with Gasteiger partial charge >= 0.3 is 0 Å². The van der Waals surface area contributed by atoms with Crippen molar-refractivity contribution in [2.75, 3.05) is 18.4 Å². The summed E-state index contributed by atoms with van der Waals surface area (Å²) in [5, 5.41) is 4.61. The maximum absolute atomic E-state index is 3.51. The van der Waals surface area contributed by atoms with Crippen LogP contribution in [0, 0.1) is 17.8 Å². The summed E-state index contributed by atoms with van der Waals surface area (Å²) in [7, 11) is 0. The van der Waals surface area contributed by atoms with Crippen molar-refractivity contribution < 1.29 is 0 Å². The Balaban J connectivity index is 1.69. The van der Waals surface area contributed by atoms with Gasteiger partial charge in [-0.1, -0.05) is 22.4 Å². The lowest BCUT2D eigenvalue weighted by molar-refractivity contribution is 0.321. The molecule has 0 aromatic heterocycles. The lowest BCUT2D eigenvalue weighted by Gasteiger charge is -2.21. The van der Waals surface area contributed by atoms with E-state index in [-0.39, 0.29) is 0 Å². The van der Waals surface area contributed by atoms with Crippen molar-refractivity contribution >= 4 is 15.9 Å². The van der Waals surface area contributed by atoms with Gasteiger partial charge in [-0.2, -0.15) is 0 Å². The van der Waals surface area contributed by atoms with E-state index in [9.17, 15) is 0 Å². The summed E-state index contributed by atoms with van der Waals surface area (Å²) in [5.74, 6) is 3.20. The highest BCUT2D eigenvalue weighted by atomic mass is 79.9. The van der Waals surface area contributed by atoms with E-state index in [1.807, 2.05) is 0 Å². The van der Waals surface area contributed by atoms with E-state index in [0.29, 0.717) is 0 Å². The molecule has 12 heavy (non-hydrogen) atoms. The smallest absolute Gasteiger partial charge is 0.0157 e. The molecule has 2 rings (SSSR count). The molecule has 0 radical (unpaired) electrons. The number of rotatable bonds is 4. The van der Waals surface area contributed by atoms with Gasteiger partial charge in [0.25, 0.3) is 0 Å². The van der Waals surface area contributed by atoms with E-state index in [2.05, 4.69) is 21.2 Å². The van der Waals surface area contributed by atoms with E-state index in [0.717, 1.165) is 29.6 Å². The molecule has 0 saturated heterocycles. The lowest BCUT2D eigenvalue weighted by Crippen LogP contribution is -2.27. The molecule has 2 aliphatic rings. The topological polar surface area (TPSA) is 12.0 Å². The van der Waals surface area contributed by atoms with E-state index in [4.69, 9.17) is 0 Å². The fourth-order valence-corrected chi connectivity index (χ4v) is 3.26. The first-order valence-corrected chi connectivity index (χ1v) is 6.29. The molecule has 0 heterocycles. The average molecular weight is 232 g/mol. The minimum atomic E-state index is 1.02. The molecule has 1 nitrogen and oxygen atoms in total. The molecule has 1 N–H and O–H groups in total. The van der Waals surface area contributed by atoms with Gasteiger partial charge in [0.1, 0.15) is 0 Å². The third kappa shape index (κ3) is 1.85. The molecule has 0 aromatic carbocycles. The van der Waals surface area contributed by atoms with Crippen LogP contribution in [0.15, 0.2) is 0 Å². The van der Waals surface area contributed by atoms with Crippen LogP contribution in [0.3, 0.4) is 0 Å². The number of alkyl halides is 1. The second-order valence-electron chi connectivity index (χ2n) is 4.33. The van der Waals surface area contributed by atoms with Crippen LogP contribution >= 0.6 is 15.9 Å². The van der Waals surface area contributed by atoms with E-state index in [1.54, 1.807) is 6.42 Å². The van der Waals surface area contributed by atoms with Gasteiger partial charge in [0.15, 0.2) is 0 Å². The highest BCUT2D eigenvalue weighted by Crippen LogP contribution is 2.47. The van der Waals surface area contributed by atoms with Crippen LogP contribution < -0.4 is 5.32 Å². The van der Waals surface area contributed by atoms with Crippen molar-refractivity contribution in [3.8, 4) is 0 Å². The summed E-state index contributed by atoms with van der Waals surface area (Å²) < 4.78 is 0. The molecule has 3 unspecified atom stereocenters. The second kappa shape index (κ2) is 4.10. The van der Waals surface area contributed by atoms with E-state index in [1.165, 1.54) is 25.8 Å². The first kappa shape index (κ1) is 9.01. The third-order valence-corrected chi connectivity index (χ3v) is 3.96. The van der Waals surface area contributed by atoms with E-state index < -0.39 is 0 Å². The number of hydrogen-bond acceptors (Lipinski definition) is 1. The van der Waals surface area contributed by atoms with Crippen LogP contribution in [0.5, 0.6) is 0 Å². The summed E-state index contributed by atoms with van der Waals surface area (Å²) in [6.07, 6.45) is 6.10. The summed E-state index contributed by atoms with van der Waals surface area (Å²) in [4.78, 5) is 0. The molecule has 2 fully saturated rings. The Hall–Kier alpha value is 0.440. The molecule has 0 amide bonds. The molecule has 0 spiro atoms. The van der Waals surface area contributed by atoms with Crippen LogP contribution in [0.4, 0.5) is 0 Å². The van der Waals surface area contributed by atoms with E-state index >= 15 is 0 Å².